The van der Waals surface area contributed by atoms with E-state index in [9.17, 15) is 14.7 Å². The molecule has 1 spiro atoms. The average Bonchev–Trinajstić information content (AvgIpc) is 2.75. The van der Waals surface area contributed by atoms with Crippen LogP contribution >= 0.6 is 0 Å². The minimum absolute atomic E-state index is 0.0337. The number of rotatable bonds is 0. The van der Waals surface area contributed by atoms with Crippen molar-refractivity contribution in [3.8, 4) is 0 Å². The third-order valence-corrected chi connectivity index (χ3v) is 8.15. The highest BCUT2D eigenvalue weighted by molar-refractivity contribution is 5.90. The molecular weight excluding hydrogens is 288 g/mol. The lowest BCUT2D eigenvalue weighted by Gasteiger charge is -2.64. The summed E-state index contributed by atoms with van der Waals surface area (Å²) in [5.74, 6) is 0.840. The normalized spacial score (nSPS) is 53.9. The molecule has 2 bridgehead atoms. The number of Topliss-reactive ketones (excluding diaryl/α,β-unsaturated/α-hetero) is 2. The molecule has 3 fully saturated rings. The Balaban J connectivity index is 1.81. The molecule has 0 heterocycles. The van der Waals surface area contributed by atoms with Gasteiger partial charge in [0.25, 0.3) is 0 Å². The summed E-state index contributed by atoms with van der Waals surface area (Å²) >= 11 is 0. The van der Waals surface area contributed by atoms with Gasteiger partial charge in [0.2, 0.25) is 0 Å². The summed E-state index contributed by atoms with van der Waals surface area (Å²) in [7, 11) is 0. The molecule has 126 valence electrons. The van der Waals surface area contributed by atoms with Gasteiger partial charge in [-0.15, -0.1) is 0 Å². The standard InChI is InChI=1S/C20H28O3/c1-17(2)13-5-6-20-8-7-18(3,11-20)15(22)9-14(20)19(13,4)10-12(21)16(17)23/h7-8,13-14,16,23H,5-6,9-11H2,1-4H3/t13-,14+,16-,18+,19+,20+/m0/s1. The van der Waals surface area contributed by atoms with E-state index in [0.29, 0.717) is 24.5 Å². The highest BCUT2D eigenvalue weighted by Crippen LogP contribution is 2.70. The maximum atomic E-state index is 12.8. The van der Waals surface area contributed by atoms with Crippen LogP contribution in [0.15, 0.2) is 12.2 Å². The maximum absolute atomic E-state index is 12.8. The lowest BCUT2D eigenvalue weighted by molar-refractivity contribution is -0.185. The summed E-state index contributed by atoms with van der Waals surface area (Å²) in [5, 5.41) is 10.4. The van der Waals surface area contributed by atoms with Crippen molar-refractivity contribution in [1.29, 1.82) is 0 Å². The van der Waals surface area contributed by atoms with E-state index in [4.69, 9.17) is 0 Å². The third-order valence-electron chi connectivity index (χ3n) is 8.15. The zero-order valence-electron chi connectivity index (χ0n) is 14.7. The number of hydrogen-bond acceptors (Lipinski definition) is 3. The lowest BCUT2D eigenvalue weighted by atomic mass is 9.40. The number of aliphatic hydroxyl groups excluding tert-OH is 1. The SMILES string of the molecule is CC1(C)[C@@H](O)C(=O)C[C@]2(C)[C@H]1CC[C@@]13C=C[C@](C)(C1)C(=O)C[C@@H]32. The molecule has 0 aliphatic heterocycles. The van der Waals surface area contributed by atoms with Crippen molar-refractivity contribution in [1.82, 2.24) is 0 Å². The Morgan fingerprint density at radius 2 is 1.78 bits per heavy atom. The Morgan fingerprint density at radius 3 is 2.48 bits per heavy atom. The molecule has 4 rings (SSSR count). The van der Waals surface area contributed by atoms with E-state index in [0.717, 1.165) is 19.3 Å². The van der Waals surface area contributed by atoms with Crippen LogP contribution in [0.3, 0.4) is 0 Å². The third kappa shape index (κ3) is 1.70. The van der Waals surface area contributed by atoms with Gasteiger partial charge in [-0.25, -0.2) is 0 Å². The molecule has 0 saturated heterocycles. The number of allylic oxidation sites excluding steroid dienone is 2. The van der Waals surface area contributed by atoms with Gasteiger partial charge in [0, 0.05) is 23.7 Å². The van der Waals surface area contributed by atoms with Gasteiger partial charge in [-0.3, -0.25) is 9.59 Å². The minimum Gasteiger partial charge on any atom is -0.385 e. The van der Waals surface area contributed by atoms with Gasteiger partial charge in [-0.2, -0.15) is 0 Å². The topological polar surface area (TPSA) is 54.4 Å². The molecule has 0 aromatic carbocycles. The first-order valence-electron chi connectivity index (χ1n) is 9.00. The summed E-state index contributed by atoms with van der Waals surface area (Å²) in [5.41, 5.74) is -0.776. The van der Waals surface area contributed by atoms with Gasteiger partial charge in [-0.1, -0.05) is 32.9 Å². The molecule has 0 unspecified atom stereocenters. The second kappa shape index (κ2) is 4.17. The van der Waals surface area contributed by atoms with Crippen LogP contribution in [0.2, 0.25) is 0 Å². The largest absolute Gasteiger partial charge is 0.385 e. The second-order valence-corrected chi connectivity index (χ2v) is 9.80. The lowest BCUT2D eigenvalue weighted by Crippen LogP contribution is -2.63. The van der Waals surface area contributed by atoms with Gasteiger partial charge >= 0.3 is 0 Å². The summed E-state index contributed by atoms with van der Waals surface area (Å²) < 4.78 is 0. The van der Waals surface area contributed by atoms with Crippen LogP contribution in [0.1, 0.15) is 59.8 Å². The van der Waals surface area contributed by atoms with Gasteiger partial charge < -0.3 is 5.11 Å². The number of carbonyl (C=O) groups is 2. The van der Waals surface area contributed by atoms with Crippen LogP contribution in [0.5, 0.6) is 0 Å². The van der Waals surface area contributed by atoms with Gasteiger partial charge in [0.1, 0.15) is 11.9 Å². The van der Waals surface area contributed by atoms with Crippen molar-refractivity contribution in [2.24, 2.45) is 33.5 Å². The fourth-order valence-corrected chi connectivity index (χ4v) is 6.97. The van der Waals surface area contributed by atoms with Crippen molar-refractivity contribution in [2.75, 3.05) is 0 Å². The molecule has 0 radical (unpaired) electrons. The highest BCUT2D eigenvalue weighted by atomic mass is 16.3. The molecule has 3 nitrogen and oxygen atoms in total. The summed E-state index contributed by atoms with van der Waals surface area (Å²) in [6, 6.07) is 0. The first kappa shape index (κ1) is 15.6. The van der Waals surface area contributed by atoms with Crippen molar-refractivity contribution >= 4 is 11.6 Å². The Kier molecular flexibility index (Phi) is 2.82. The first-order chi connectivity index (χ1) is 10.6. The van der Waals surface area contributed by atoms with Crippen molar-refractivity contribution in [2.45, 2.75) is 65.9 Å². The monoisotopic (exact) mass is 316 g/mol. The molecule has 3 heteroatoms. The highest BCUT2D eigenvalue weighted by Gasteiger charge is 2.67. The van der Waals surface area contributed by atoms with Crippen LogP contribution in [0.25, 0.3) is 0 Å². The summed E-state index contributed by atoms with van der Waals surface area (Å²) in [6.45, 7) is 8.37. The average molecular weight is 316 g/mol. The van der Waals surface area contributed by atoms with Crippen LogP contribution in [-0.4, -0.2) is 22.8 Å². The van der Waals surface area contributed by atoms with Gasteiger partial charge in [0.15, 0.2) is 5.78 Å². The summed E-state index contributed by atoms with van der Waals surface area (Å²) in [4.78, 5) is 25.3. The van der Waals surface area contributed by atoms with Crippen molar-refractivity contribution in [3.05, 3.63) is 12.2 Å². The molecule has 0 amide bonds. The molecule has 4 aliphatic carbocycles. The van der Waals surface area contributed by atoms with Crippen molar-refractivity contribution in [3.63, 3.8) is 0 Å². The predicted molar refractivity (Wildman–Crippen MR) is 87.7 cm³/mol. The molecule has 0 aromatic heterocycles. The molecule has 4 aliphatic rings. The number of fused-ring (bicyclic) bond motifs is 3. The van der Waals surface area contributed by atoms with Crippen LogP contribution < -0.4 is 0 Å². The van der Waals surface area contributed by atoms with Crippen LogP contribution in [0.4, 0.5) is 0 Å². The van der Waals surface area contributed by atoms with E-state index in [2.05, 4.69) is 26.0 Å². The second-order valence-electron chi connectivity index (χ2n) is 9.80. The van der Waals surface area contributed by atoms with E-state index in [-0.39, 0.29) is 27.9 Å². The number of carbonyl (C=O) groups excluding carboxylic acids is 2. The quantitative estimate of drug-likeness (QED) is 0.698. The van der Waals surface area contributed by atoms with Gasteiger partial charge in [-0.05, 0) is 48.9 Å². The molecule has 6 atom stereocenters. The molecule has 1 N–H and O–H groups in total. The Morgan fingerprint density at radius 1 is 1.09 bits per heavy atom. The van der Waals surface area contributed by atoms with Crippen LogP contribution in [-0.2, 0) is 9.59 Å². The van der Waals surface area contributed by atoms with E-state index < -0.39 is 11.5 Å². The van der Waals surface area contributed by atoms with E-state index in [1.54, 1.807) is 0 Å². The number of aliphatic hydroxyl groups is 1. The molecular formula is C20H28O3. The van der Waals surface area contributed by atoms with E-state index in [1.165, 1.54) is 0 Å². The van der Waals surface area contributed by atoms with Crippen molar-refractivity contribution < 1.29 is 14.7 Å². The Hall–Kier alpha value is -0.960. The first-order valence-corrected chi connectivity index (χ1v) is 9.00. The van der Waals surface area contributed by atoms with Gasteiger partial charge in [0.05, 0.1) is 0 Å². The zero-order chi connectivity index (χ0) is 16.8. The number of hydrogen-bond donors (Lipinski definition) is 1. The minimum atomic E-state index is -0.863. The molecule has 0 aromatic rings. The molecule has 3 saturated carbocycles. The molecule has 23 heavy (non-hydrogen) atoms. The maximum Gasteiger partial charge on any atom is 0.162 e. The Bertz CT molecular complexity index is 633. The zero-order valence-corrected chi connectivity index (χ0v) is 14.7. The Labute approximate surface area is 138 Å². The van der Waals surface area contributed by atoms with E-state index >= 15 is 0 Å². The fourth-order valence-electron chi connectivity index (χ4n) is 6.97. The van der Waals surface area contributed by atoms with Crippen LogP contribution in [0, 0.1) is 33.5 Å². The number of ketones is 2. The smallest absolute Gasteiger partial charge is 0.162 e. The predicted octanol–water partition coefficient (Wildman–Crippen LogP) is 3.30. The fraction of sp³-hybridized carbons (Fsp3) is 0.800. The summed E-state index contributed by atoms with van der Waals surface area (Å²) in [6.07, 6.45) is 7.65. The van der Waals surface area contributed by atoms with E-state index in [1.807, 2.05) is 13.8 Å².